The van der Waals surface area contributed by atoms with E-state index in [1.165, 1.54) is 6.92 Å². The highest BCUT2D eigenvalue weighted by atomic mass is 16.5. The zero-order chi connectivity index (χ0) is 17.5. The average molecular weight is 326 g/mol. The van der Waals surface area contributed by atoms with Crippen molar-refractivity contribution in [2.75, 3.05) is 11.9 Å². The van der Waals surface area contributed by atoms with Crippen LogP contribution in [0.2, 0.25) is 0 Å². The third-order valence-corrected chi connectivity index (χ3v) is 3.52. The van der Waals surface area contributed by atoms with E-state index in [9.17, 15) is 9.59 Å². The largest absolute Gasteiger partial charge is 0.483 e. The summed E-state index contributed by atoms with van der Waals surface area (Å²) in [6.07, 6.45) is 0. The van der Waals surface area contributed by atoms with E-state index in [-0.39, 0.29) is 18.4 Å². The molecule has 0 aliphatic rings. The molecule has 0 aliphatic carbocycles. The molecule has 24 heavy (non-hydrogen) atoms. The number of amides is 2. The van der Waals surface area contributed by atoms with Gasteiger partial charge in [0, 0.05) is 19.2 Å². The van der Waals surface area contributed by atoms with E-state index < -0.39 is 0 Å². The number of carbonyl (C=O) groups is 2. The molecule has 0 bridgehead atoms. The van der Waals surface area contributed by atoms with Gasteiger partial charge < -0.3 is 15.4 Å². The summed E-state index contributed by atoms with van der Waals surface area (Å²) in [7, 11) is 0. The zero-order valence-electron chi connectivity index (χ0n) is 14.2. The van der Waals surface area contributed by atoms with Gasteiger partial charge in [-0.25, -0.2) is 0 Å². The van der Waals surface area contributed by atoms with Gasteiger partial charge in [0.25, 0.3) is 5.91 Å². The fourth-order valence-corrected chi connectivity index (χ4v) is 2.33. The van der Waals surface area contributed by atoms with Crippen LogP contribution >= 0.6 is 0 Å². The number of hydrogen-bond acceptors (Lipinski definition) is 3. The van der Waals surface area contributed by atoms with Crippen molar-refractivity contribution in [2.24, 2.45) is 0 Å². The fourth-order valence-electron chi connectivity index (χ4n) is 2.33. The Balaban J connectivity index is 1.82. The van der Waals surface area contributed by atoms with Crippen LogP contribution in [0.5, 0.6) is 5.75 Å². The fraction of sp³-hybridized carbons (Fsp3) is 0.263. The van der Waals surface area contributed by atoms with E-state index in [1.807, 2.05) is 44.2 Å². The van der Waals surface area contributed by atoms with E-state index in [1.54, 1.807) is 12.1 Å². The quantitative estimate of drug-likeness (QED) is 0.857. The lowest BCUT2D eigenvalue weighted by Gasteiger charge is -2.12. The summed E-state index contributed by atoms with van der Waals surface area (Å²) in [4.78, 5) is 22.9. The Morgan fingerprint density at radius 3 is 2.21 bits per heavy atom. The molecule has 2 N–H and O–H groups in total. The lowest BCUT2D eigenvalue weighted by molar-refractivity contribution is -0.123. The maximum Gasteiger partial charge on any atom is 0.258 e. The summed E-state index contributed by atoms with van der Waals surface area (Å²) in [6.45, 7) is 5.77. The maximum atomic E-state index is 11.9. The minimum absolute atomic E-state index is 0.0182. The van der Waals surface area contributed by atoms with Crippen LogP contribution in [0.3, 0.4) is 0 Å². The number of benzene rings is 2. The lowest BCUT2D eigenvalue weighted by Crippen LogP contribution is -2.28. The van der Waals surface area contributed by atoms with Gasteiger partial charge in [-0.2, -0.15) is 0 Å². The maximum absolute atomic E-state index is 11.9. The van der Waals surface area contributed by atoms with Crippen molar-refractivity contribution in [1.82, 2.24) is 5.32 Å². The molecule has 0 saturated heterocycles. The standard InChI is InChI=1S/C19H22N2O3/c1-13-5-4-6-14(2)19(13)24-12-18(23)20-11-16-7-9-17(10-8-16)21-15(3)22/h4-10H,11-12H2,1-3H3,(H,20,23)(H,21,22). The van der Waals surface area contributed by atoms with Crippen LogP contribution in [0.1, 0.15) is 23.6 Å². The first-order chi connectivity index (χ1) is 11.5. The molecule has 5 heteroatoms. The predicted octanol–water partition coefficient (Wildman–Crippen LogP) is 2.96. The topological polar surface area (TPSA) is 67.4 Å². The van der Waals surface area contributed by atoms with Crippen LogP contribution in [0, 0.1) is 13.8 Å². The predicted molar refractivity (Wildman–Crippen MR) is 94.0 cm³/mol. The molecule has 2 aromatic carbocycles. The molecule has 0 aliphatic heterocycles. The van der Waals surface area contributed by atoms with Gasteiger partial charge in [-0.3, -0.25) is 9.59 Å². The molecule has 126 valence electrons. The SMILES string of the molecule is CC(=O)Nc1ccc(CNC(=O)COc2c(C)cccc2C)cc1. The molecular formula is C19H22N2O3. The summed E-state index contributed by atoms with van der Waals surface area (Å²) in [6, 6.07) is 13.2. The molecule has 2 amide bonds. The molecule has 0 fully saturated rings. The van der Waals surface area contributed by atoms with Gasteiger partial charge in [0.2, 0.25) is 5.91 Å². The van der Waals surface area contributed by atoms with Crippen molar-refractivity contribution in [3.63, 3.8) is 0 Å². The molecule has 0 aromatic heterocycles. The van der Waals surface area contributed by atoms with Gasteiger partial charge in [0.1, 0.15) is 5.75 Å². The third kappa shape index (κ3) is 5.12. The summed E-state index contributed by atoms with van der Waals surface area (Å²) >= 11 is 0. The first-order valence-electron chi connectivity index (χ1n) is 7.78. The Kier molecular flexibility index (Phi) is 5.95. The second-order valence-corrected chi connectivity index (χ2v) is 5.66. The number of para-hydroxylation sites is 1. The number of nitrogens with one attached hydrogen (secondary N) is 2. The first kappa shape index (κ1) is 17.5. The molecule has 0 radical (unpaired) electrons. The first-order valence-corrected chi connectivity index (χ1v) is 7.78. The van der Waals surface area contributed by atoms with E-state index >= 15 is 0 Å². The van der Waals surface area contributed by atoms with E-state index in [0.29, 0.717) is 6.54 Å². The van der Waals surface area contributed by atoms with Gasteiger partial charge in [-0.15, -0.1) is 0 Å². The van der Waals surface area contributed by atoms with Gasteiger partial charge in [-0.1, -0.05) is 30.3 Å². The minimum Gasteiger partial charge on any atom is -0.483 e. The summed E-state index contributed by atoms with van der Waals surface area (Å²) < 4.78 is 5.62. The highest BCUT2D eigenvalue weighted by Gasteiger charge is 2.07. The van der Waals surface area contributed by atoms with Crippen LogP contribution in [0.15, 0.2) is 42.5 Å². The number of hydrogen-bond donors (Lipinski definition) is 2. The van der Waals surface area contributed by atoms with E-state index in [2.05, 4.69) is 10.6 Å². The van der Waals surface area contributed by atoms with Gasteiger partial charge in [0.05, 0.1) is 0 Å². The number of rotatable bonds is 6. The minimum atomic E-state index is -0.177. The Morgan fingerprint density at radius 1 is 1.00 bits per heavy atom. The Hall–Kier alpha value is -2.82. The second-order valence-electron chi connectivity index (χ2n) is 5.66. The monoisotopic (exact) mass is 326 g/mol. The molecule has 2 aromatic rings. The lowest BCUT2D eigenvalue weighted by atomic mass is 10.1. The van der Waals surface area contributed by atoms with Crippen molar-refractivity contribution in [1.29, 1.82) is 0 Å². The molecule has 0 atom stereocenters. The van der Waals surface area contributed by atoms with E-state index in [0.717, 1.165) is 28.1 Å². The van der Waals surface area contributed by atoms with Crippen molar-refractivity contribution in [3.8, 4) is 5.75 Å². The number of aryl methyl sites for hydroxylation is 2. The van der Waals surface area contributed by atoms with Gasteiger partial charge in [-0.05, 0) is 42.7 Å². The van der Waals surface area contributed by atoms with Crippen molar-refractivity contribution >= 4 is 17.5 Å². The number of anilines is 1. The van der Waals surface area contributed by atoms with Crippen molar-refractivity contribution in [3.05, 3.63) is 59.2 Å². The normalized spacial score (nSPS) is 10.1. The Morgan fingerprint density at radius 2 is 1.62 bits per heavy atom. The van der Waals surface area contributed by atoms with Crippen LogP contribution in [-0.2, 0) is 16.1 Å². The van der Waals surface area contributed by atoms with Crippen molar-refractivity contribution in [2.45, 2.75) is 27.3 Å². The molecule has 0 spiro atoms. The molecule has 0 unspecified atom stereocenters. The van der Waals surface area contributed by atoms with Gasteiger partial charge >= 0.3 is 0 Å². The average Bonchev–Trinajstić information content (AvgIpc) is 2.53. The van der Waals surface area contributed by atoms with Crippen LogP contribution in [0.25, 0.3) is 0 Å². The smallest absolute Gasteiger partial charge is 0.258 e. The van der Waals surface area contributed by atoms with Crippen molar-refractivity contribution < 1.29 is 14.3 Å². The summed E-state index contributed by atoms with van der Waals surface area (Å²) in [5.74, 6) is 0.468. The third-order valence-electron chi connectivity index (χ3n) is 3.52. The Bertz CT molecular complexity index is 704. The molecule has 2 rings (SSSR count). The van der Waals surface area contributed by atoms with Gasteiger partial charge in [0.15, 0.2) is 6.61 Å². The van der Waals surface area contributed by atoms with Crippen LogP contribution < -0.4 is 15.4 Å². The Labute approximate surface area is 142 Å². The highest BCUT2D eigenvalue weighted by molar-refractivity contribution is 5.88. The molecular weight excluding hydrogens is 304 g/mol. The number of ether oxygens (including phenoxy) is 1. The zero-order valence-corrected chi connectivity index (χ0v) is 14.2. The van der Waals surface area contributed by atoms with Crippen LogP contribution in [0.4, 0.5) is 5.69 Å². The molecule has 5 nitrogen and oxygen atoms in total. The van der Waals surface area contributed by atoms with Crippen LogP contribution in [-0.4, -0.2) is 18.4 Å². The summed E-state index contributed by atoms with van der Waals surface area (Å²) in [5.41, 5.74) is 3.70. The molecule has 0 heterocycles. The second kappa shape index (κ2) is 8.15. The number of carbonyl (C=O) groups excluding carboxylic acids is 2. The molecule has 0 saturated carbocycles. The highest BCUT2D eigenvalue weighted by Crippen LogP contribution is 2.22. The van der Waals surface area contributed by atoms with E-state index in [4.69, 9.17) is 4.74 Å². The summed E-state index contributed by atoms with van der Waals surface area (Å²) in [5, 5.41) is 5.52.